The zero-order chi connectivity index (χ0) is 21.1. The molecule has 2 heterocycles. The van der Waals surface area contributed by atoms with Crippen LogP contribution in [0.5, 0.6) is 0 Å². The minimum absolute atomic E-state index is 0.0691. The standard InChI is InChI=1S/C21H17FN4O3S/c22-15-2-1-3-16(13-15)26-20(28)17-5-4-14(19(27)25-7-9-29-10-8-25)12-18(17)24-21(26)30-11-6-23/h1-5,12-13H,7-11H2. The summed E-state index contributed by atoms with van der Waals surface area (Å²) in [7, 11) is 0. The fourth-order valence-electron chi connectivity index (χ4n) is 3.28. The zero-order valence-electron chi connectivity index (χ0n) is 15.9. The third kappa shape index (κ3) is 3.92. The van der Waals surface area contributed by atoms with Crippen LogP contribution in [0.25, 0.3) is 16.6 Å². The first-order valence-electron chi connectivity index (χ1n) is 9.28. The molecule has 7 nitrogen and oxygen atoms in total. The molecule has 0 saturated carbocycles. The number of nitrogens with zero attached hydrogens (tertiary/aromatic N) is 4. The van der Waals surface area contributed by atoms with E-state index in [1.54, 1.807) is 29.2 Å². The maximum Gasteiger partial charge on any atom is 0.266 e. The van der Waals surface area contributed by atoms with Crippen LogP contribution in [-0.2, 0) is 4.74 Å². The molecule has 0 atom stereocenters. The second kappa shape index (κ2) is 8.65. The highest BCUT2D eigenvalue weighted by atomic mass is 32.2. The van der Waals surface area contributed by atoms with Crippen LogP contribution in [0.15, 0.2) is 52.4 Å². The zero-order valence-corrected chi connectivity index (χ0v) is 16.7. The second-order valence-corrected chi connectivity index (χ2v) is 7.54. The van der Waals surface area contributed by atoms with Crippen molar-refractivity contribution in [2.75, 3.05) is 32.1 Å². The lowest BCUT2D eigenvalue weighted by atomic mass is 10.1. The van der Waals surface area contributed by atoms with E-state index in [1.807, 2.05) is 6.07 Å². The monoisotopic (exact) mass is 424 g/mol. The first-order valence-corrected chi connectivity index (χ1v) is 10.3. The van der Waals surface area contributed by atoms with E-state index in [2.05, 4.69) is 4.98 Å². The molecule has 0 spiro atoms. The van der Waals surface area contributed by atoms with Gasteiger partial charge in [-0.2, -0.15) is 5.26 Å². The van der Waals surface area contributed by atoms with Gasteiger partial charge in [0.25, 0.3) is 11.5 Å². The lowest BCUT2D eigenvalue weighted by Crippen LogP contribution is -2.40. The summed E-state index contributed by atoms with van der Waals surface area (Å²) < 4.78 is 20.3. The predicted molar refractivity (Wildman–Crippen MR) is 110 cm³/mol. The molecule has 3 aromatic rings. The third-order valence-corrected chi connectivity index (χ3v) is 5.52. The van der Waals surface area contributed by atoms with Crippen LogP contribution in [0.3, 0.4) is 0 Å². The van der Waals surface area contributed by atoms with Gasteiger partial charge in [0, 0.05) is 18.7 Å². The first-order chi connectivity index (χ1) is 14.6. The van der Waals surface area contributed by atoms with Gasteiger partial charge in [-0.05, 0) is 36.4 Å². The van der Waals surface area contributed by atoms with Crippen molar-refractivity contribution in [1.29, 1.82) is 5.26 Å². The van der Waals surface area contributed by atoms with Crippen LogP contribution >= 0.6 is 11.8 Å². The van der Waals surface area contributed by atoms with Gasteiger partial charge in [-0.15, -0.1) is 0 Å². The molecular weight excluding hydrogens is 407 g/mol. The molecule has 1 aliphatic rings. The highest BCUT2D eigenvalue weighted by Gasteiger charge is 2.20. The maximum atomic E-state index is 13.8. The van der Waals surface area contributed by atoms with Crippen molar-refractivity contribution in [2.45, 2.75) is 5.16 Å². The number of hydrogen-bond donors (Lipinski definition) is 0. The first kappa shape index (κ1) is 20.1. The summed E-state index contributed by atoms with van der Waals surface area (Å²) in [4.78, 5) is 32.2. The Hall–Kier alpha value is -3.22. The molecular formula is C21H17FN4O3S. The molecule has 1 amide bonds. The van der Waals surface area contributed by atoms with E-state index in [0.29, 0.717) is 48.5 Å². The van der Waals surface area contributed by atoms with Crippen LogP contribution < -0.4 is 5.56 Å². The number of benzene rings is 2. The van der Waals surface area contributed by atoms with Gasteiger partial charge in [-0.1, -0.05) is 17.8 Å². The SMILES string of the molecule is N#CCSc1nc2cc(C(=O)N3CCOCC3)ccc2c(=O)n1-c1cccc(F)c1. The minimum atomic E-state index is -0.484. The molecule has 30 heavy (non-hydrogen) atoms. The topological polar surface area (TPSA) is 88.2 Å². The molecule has 4 rings (SSSR count). The van der Waals surface area contributed by atoms with Gasteiger partial charge in [0.2, 0.25) is 0 Å². The van der Waals surface area contributed by atoms with E-state index >= 15 is 0 Å². The highest BCUT2D eigenvalue weighted by Crippen LogP contribution is 2.22. The summed E-state index contributed by atoms with van der Waals surface area (Å²) >= 11 is 1.08. The lowest BCUT2D eigenvalue weighted by molar-refractivity contribution is 0.0303. The van der Waals surface area contributed by atoms with Crippen molar-refractivity contribution in [3.05, 3.63) is 64.2 Å². The number of amides is 1. The number of halogens is 1. The van der Waals surface area contributed by atoms with Crippen molar-refractivity contribution >= 4 is 28.6 Å². The number of fused-ring (bicyclic) bond motifs is 1. The molecule has 2 aromatic carbocycles. The fourth-order valence-corrected chi connectivity index (χ4v) is 3.96. The molecule has 1 saturated heterocycles. The molecule has 9 heteroatoms. The highest BCUT2D eigenvalue weighted by molar-refractivity contribution is 7.99. The van der Waals surface area contributed by atoms with Crippen LogP contribution in [0.1, 0.15) is 10.4 Å². The van der Waals surface area contributed by atoms with Gasteiger partial charge in [0.1, 0.15) is 5.82 Å². The Morgan fingerprint density at radius 1 is 1.23 bits per heavy atom. The number of carbonyl (C=O) groups excluding carboxylic acids is 1. The molecule has 1 fully saturated rings. The summed E-state index contributed by atoms with van der Waals surface area (Å²) in [6.45, 7) is 2.00. The largest absolute Gasteiger partial charge is 0.378 e. The predicted octanol–water partition coefficient (Wildman–Crippen LogP) is 2.61. The van der Waals surface area contributed by atoms with Crippen LogP contribution in [0.4, 0.5) is 4.39 Å². The Bertz CT molecular complexity index is 1220. The quantitative estimate of drug-likeness (QED) is 0.473. The molecule has 0 bridgehead atoms. The summed E-state index contributed by atoms with van der Waals surface area (Å²) in [5.41, 5.74) is 0.711. The van der Waals surface area contributed by atoms with Gasteiger partial charge in [-0.3, -0.25) is 14.2 Å². The van der Waals surface area contributed by atoms with Crippen LogP contribution in [0.2, 0.25) is 0 Å². The van der Waals surface area contributed by atoms with Crippen molar-refractivity contribution in [3.8, 4) is 11.8 Å². The average molecular weight is 424 g/mol. The second-order valence-electron chi connectivity index (χ2n) is 6.60. The molecule has 0 unspecified atom stereocenters. The number of aromatic nitrogens is 2. The maximum absolute atomic E-state index is 13.8. The normalized spacial score (nSPS) is 13.9. The Morgan fingerprint density at radius 3 is 2.77 bits per heavy atom. The van der Waals surface area contributed by atoms with Crippen molar-refractivity contribution < 1.29 is 13.9 Å². The molecule has 1 aliphatic heterocycles. The van der Waals surface area contributed by atoms with Crippen molar-refractivity contribution in [1.82, 2.24) is 14.5 Å². The minimum Gasteiger partial charge on any atom is -0.378 e. The van der Waals surface area contributed by atoms with Crippen LogP contribution in [-0.4, -0.2) is 52.4 Å². The van der Waals surface area contributed by atoms with Gasteiger partial charge in [-0.25, -0.2) is 9.37 Å². The third-order valence-electron chi connectivity index (χ3n) is 4.72. The molecule has 0 aliphatic carbocycles. The number of rotatable bonds is 4. The van der Waals surface area contributed by atoms with Gasteiger partial charge < -0.3 is 9.64 Å². The molecule has 1 aromatic heterocycles. The molecule has 152 valence electrons. The number of morpholine rings is 1. The summed E-state index contributed by atoms with van der Waals surface area (Å²) in [6, 6.07) is 12.4. The average Bonchev–Trinajstić information content (AvgIpc) is 2.77. The Balaban J connectivity index is 1.83. The number of hydrogen-bond acceptors (Lipinski definition) is 6. The fraction of sp³-hybridized carbons (Fsp3) is 0.238. The number of carbonyl (C=O) groups is 1. The Morgan fingerprint density at radius 2 is 2.03 bits per heavy atom. The van der Waals surface area contributed by atoms with E-state index in [1.165, 1.54) is 22.8 Å². The number of nitriles is 1. The van der Waals surface area contributed by atoms with Gasteiger partial charge >= 0.3 is 0 Å². The Labute approximate surface area is 175 Å². The summed E-state index contributed by atoms with van der Waals surface area (Å²) in [6.07, 6.45) is 0. The van der Waals surface area contributed by atoms with Crippen LogP contribution in [0, 0.1) is 17.1 Å². The summed E-state index contributed by atoms with van der Waals surface area (Å²) in [5.74, 6) is -0.565. The van der Waals surface area contributed by atoms with E-state index in [4.69, 9.17) is 10.00 Å². The smallest absolute Gasteiger partial charge is 0.266 e. The van der Waals surface area contributed by atoms with Gasteiger partial charge in [0.15, 0.2) is 5.16 Å². The van der Waals surface area contributed by atoms with E-state index in [9.17, 15) is 14.0 Å². The molecule has 0 radical (unpaired) electrons. The van der Waals surface area contributed by atoms with Gasteiger partial charge in [0.05, 0.1) is 41.6 Å². The number of thioether (sulfide) groups is 1. The van der Waals surface area contributed by atoms with Crippen molar-refractivity contribution in [2.24, 2.45) is 0 Å². The van der Waals surface area contributed by atoms with E-state index in [-0.39, 0.29) is 16.8 Å². The van der Waals surface area contributed by atoms with E-state index in [0.717, 1.165) is 11.8 Å². The van der Waals surface area contributed by atoms with Crippen molar-refractivity contribution in [3.63, 3.8) is 0 Å². The summed E-state index contributed by atoms with van der Waals surface area (Å²) in [5, 5.41) is 9.54. The Kier molecular flexibility index (Phi) is 5.79. The van der Waals surface area contributed by atoms with E-state index < -0.39 is 11.4 Å². The molecule has 0 N–H and O–H groups in total. The number of ether oxygens (including phenoxy) is 1. The lowest BCUT2D eigenvalue weighted by Gasteiger charge is -2.26.